The van der Waals surface area contributed by atoms with E-state index in [1.54, 1.807) is 24.3 Å². The second kappa shape index (κ2) is 11.0. The molecule has 0 radical (unpaired) electrons. The molecule has 0 aromatic heterocycles. The molecule has 0 aliphatic rings. The molecule has 0 saturated heterocycles. The smallest absolute Gasteiger partial charge is 0.326 e. The number of rotatable bonds is 9. The fraction of sp³-hybridized carbons (Fsp3) is 0.348. The number of para-hydroxylation sites is 1. The molecule has 2 amide bonds. The topological polar surface area (TPSA) is 93.7 Å². The number of carbonyl (C=O) groups excluding carboxylic acids is 3. The number of hydrogen-bond acceptors (Lipinski definition) is 5. The summed E-state index contributed by atoms with van der Waals surface area (Å²) in [5, 5.41) is 5.29. The van der Waals surface area contributed by atoms with Crippen molar-refractivity contribution in [1.82, 2.24) is 5.32 Å². The van der Waals surface area contributed by atoms with E-state index in [2.05, 4.69) is 24.5 Å². The van der Waals surface area contributed by atoms with Crippen molar-refractivity contribution in [1.29, 1.82) is 0 Å². The number of ether oxygens (including phenoxy) is 2. The predicted octanol–water partition coefficient (Wildman–Crippen LogP) is 3.51. The molecule has 2 N–H and O–H groups in total. The molecule has 160 valence electrons. The highest BCUT2D eigenvalue weighted by Crippen LogP contribution is 2.26. The molecule has 0 unspecified atom stereocenters. The zero-order valence-corrected chi connectivity index (χ0v) is 17.7. The number of esters is 1. The molecule has 2 aromatic rings. The van der Waals surface area contributed by atoms with Crippen molar-refractivity contribution < 1.29 is 23.9 Å². The molecule has 7 heteroatoms. The average molecular weight is 412 g/mol. The van der Waals surface area contributed by atoms with Crippen LogP contribution in [-0.2, 0) is 14.3 Å². The van der Waals surface area contributed by atoms with E-state index in [1.807, 2.05) is 24.3 Å². The first kappa shape index (κ1) is 22.9. The number of anilines is 1. The summed E-state index contributed by atoms with van der Waals surface area (Å²) in [7, 11) is 1.53. The van der Waals surface area contributed by atoms with Gasteiger partial charge in [0.2, 0.25) is 0 Å². The van der Waals surface area contributed by atoms with Crippen LogP contribution >= 0.6 is 0 Å². The Kier molecular flexibility index (Phi) is 8.41. The Labute approximate surface area is 176 Å². The van der Waals surface area contributed by atoms with E-state index in [1.165, 1.54) is 14.0 Å². The Hall–Kier alpha value is -3.35. The number of amides is 2. The third kappa shape index (κ3) is 6.34. The molecule has 0 aliphatic heterocycles. The van der Waals surface area contributed by atoms with E-state index in [9.17, 15) is 14.4 Å². The predicted molar refractivity (Wildman–Crippen MR) is 115 cm³/mol. The third-order valence-electron chi connectivity index (χ3n) is 4.78. The SMILES string of the molecule is CC[C@@H](C)c1ccccc1NC(=O)[C@H](C)OC(=O)CNC(=O)c1ccc(OC)cc1. The van der Waals surface area contributed by atoms with Crippen molar-refractivity contribution in [2.24, 2.45) is 0 Å². The first-order valence-electron chi connectivity index (χ1n) is 9.87. The van der Waals surface area contributed by atoms with Crippen LogP contribution in [-0.4, -0.2) is 37.5 Å². The number of carbonyl (C=O) groups is 3. The van der Waals surface area contributed by atoms with Crippen molar-refractivity contribution >= 4 is 23.5 Å². The zero-order chi connectivity index (χ0) is 22.1. The van der Waals surface area contributed by atoms with Gasteiger partial charge in [0.15, 0.2) is 6.10 Å². The lowest BCUT2D eigenvalue weighted by molar-refractivity contribution is -0.152. The molecule has 0 aliphatic carbocycles. The van der Waals surface area contributed by atoms with Crippen LogP contribution in [0.5, 0.6) is 5.75 Å². The van der Waals surface area contributed by atoms with Gasteiger partial charge >= 0.3 is 5.97 Å². The van der Waals surface area contributed by atoms with Gasteiger partial charge in [-0.2, -0.15) is 0 Å². The van der Waals surface area contributed by atoms with Gasteiger partial charge in [-0.3, -0.25) is 14.4 Å². The standard InChI is InChI=1S/C23H28N2O5/c1-5-15(2)19-8-6-7-9-20(19)25-22(27)16(3)30-21(26)14-24-23(28)17-10-12-18(29-4)13-11-17/h6-13,15-16H,5,14H2,1-4H3,(H,24,28)(H,25,27)/t15-,16+/m1/s1. The summed E-state index contributed by atoms with van der Waals surface area (Å²) in [6.07, 6.45) is -0.0638. The van der Waals surface area contributed by atoms with Gasteiger partial charge in [-0.25, -0.2) is 0 Å². The molecular formula is C23H28N2O5. The highest BCUT2D eigenvalue weighted by atomic mass is 16.5. The molecule has 30 heavy (non-hydrogen) atoms. The normalized spacial score (nSPS) is 12.4. The Morgan fingerprint density at radius 3 is 2.30 bits per heavy atom. The second-order valence-corrected chi connectivity index (χ2v) is 6.93. The van der Waals surface area contributed by atoms with Gasteiger partial charge in [-0.05, 0) is 55.2 Å². The third-order valence-corrected chi connectivity index (χ3v) is 4.78. The minimum atomic E-state index is -1.000. The molecule has 0 fully saturated rings. The van der Waals surface area contributed by atoms with Crippen LogP contribution in [0.3, 0.4) is 0 Å². The lowest BCUT2D eigenvalue weighted by Crippen LogP contribution is -2.36. The van der Waals surface area contributed by atoms with E-state index >= 15 is 0 Å². The molecule has 2 atom stereocenters. The maximum Gasteiger partial charge on any atom is 0.326 e. The van der Waals surface area contributed by atoms with E-state index in [0.717, 1.165) is 12.0 Å². The van der Waals surface area contributed by atoms with Gasteiger partial charge in [0, 0.05) is 11.3 Å². The summed E-state index contributed by atoms with van der Waals surface area (Å²) in [6.45, 7) is 5.31. The number of benzene rings is 2. The molecule has 0 saturated carbocycles. The summed E-state index contributed by atoms with van der Waals surface area (Å²) >= 11 is 0. The fourth-order valence-corrected chi connectivity index (χ4v) is 2.78. The maximum absolute atomic E-state index is 12.4. The lowest BCUT2D eigenvalue weighted by Gasteiger charge is -2.18. The fourth-order valence-electron chi connectivity index (χ4n) is 2.78. The minimum Gasteiger partial charge on any atom is -0.497 e. The monoisotopic (exact) mass is 412 g/mol. The van der Waals surface area contributed by atoms with E-state index in [-0.39, 0.29) is 12.5 Å². The second-order valence-electron chi connectivity index (χ2n) is 6.93. The minimum absolute atomic E-state index is 0.285. The highest BCUT2D eigenvalue weighted by molar-refractivity contribution is 5.97. The molecular weight excluding hydrogens is 384 g/mol. The molecule has 0 heterocycles. The molecule has 0 bridgehead atoms. The van der Waals surface area contributed by atoms with Crippen LogP contribution in [0.15, 0.2) is 48.5 Å². The Bertz CT molecular complexity index is 879. The Morgan fingerprint density at radius 1 is 1.00 bits per heavy atom. The molecule has 2 aromatic carbocycles. The summed E-state index contributed by atoms with van der Waals surface area (Å²) in [5.41, 5.74) is 2.11. The molecule has 7 nitrogen and oxygen atoms in total. The average Bonchev–Trinajstić information content (AvgIpc) is 2.77. The van der Waals surface area contributed by atoms with E-state index in [4.69, 9.17) is 9.47 Å². The molecule has 0 spiro atoms. The maximum atomic E-state index is 12.4. The van der Waals surface area contributed by atoms with Crippen molar-refractivity contribution in [3.8, 4) is 5.75 Å². The quantitative estimate of drug-likeness (QED) is 0.615. The van der Waals surface area contributed by atoms with Crippen molar-refractivity contribution in [3.63, 3.8) is 0 Å². The van der Waals surface area contributed by atoms with Gasteiger partial charge < -0.3 is 20.1 Å². The highest BCUT2D eigenvalue weighted by Gasteiger charge is 2.20. The number of hydrogen-bond donors (Lipinski definition) is 2. The van der Waals surface area contributed by atoms with Gasteiger partial charge in [-0.15, -0.1) is 0 Å². The van der Waals surface area contributed by atoms with E-state index in [0.29, 0.717) is 17.0 Å². The van der Waals surface area contributed by atoms with Crippen molar-refractivity contribution in [2.45, 2.75) is 39.2 Å². The first-order chi connectivity index (χ1) is 14.3. The first-order valence-corrected chi connectivity index (χ1v) is 9.87. The van der Waals surface area contributed by atoms with Crippen LogP contribution in [0.25, 0.3) is 0 Å². The Morgan fingerprint density at radius 2 is 1.67 bits per heavy atom. The molecule has 2 rings (SSSR count). The van der Waals surface area contributed by atoms with Gasteiger partial charge in [0.05, 0.1) is 7.11 Å². The van der Waals surface area contributed by atoms with Gasteiger partial charge in [-0.1, -0.05) is 32.0 Å². The van der Waals surface area contributed by atoms with Crippen LogP contribution < -0.4 is 15.4 Å². The zero-order valence-electron chi connectivity index (χ0n) is 17.7. The summed E-state index contributed by atoms with van der Waals surface area (Å²) in [6, 6.07) is 14.0. The summed E-state index contributed by atoms with van der Waals surface area (Å²) < 4.78 is 10.2. The van der Waals surface area contributed by atoms with Crippen LogP contribution in [0.1, 0.15) is 49.0 Å². The van der Waals surface area contributed by atoms with E-state index < -0.39 is 23.9 Å². The number of methoxy groups -OCH3 is 1. The lowest BCUT2D eigenvalue weighted by atomic mass is 9.97. The van der Waals surface area contributed by atoms with Gasteiger partial charge in [0.25, 0.3) is 11.8 Å². The van der Waals surface area contributed by atoms with Crippen molar-refractivity contribution in [3.05, 3.63) is 59.7 Å². The van der Waals surface area contributed by atoms with Crippen molar-refractivity contribution in [2.75, 3.05) is 19.0 Å². The summed E-state index contributed by atoms with van der Waals surface area (Å²) in [4.78, 5) is 36.6. The van der Waals surface area contributed by atoms with Crippen LogP contribution in [0, 0.1) is 0 Å². The Balaban J connectivity index is 1.86. The van der Waals surface area contributed by atoms with Crippen LogP contribution in [0.4, 0.5) is 5.69 Å². The van der Waals surface area contributed by atoms with Gasteiger partial charge in [0.1, 0.15) is 12.3 Å². The summed E-state index contributed by atoms with van der Waals surface area (Å²) in [5.74, 6) is -0.641. The van der Waals surface area contributed by atoms with Crippen LogP contribution in [0.2, 0.25) is 0 Å². The largest absolute Gasteiger partial charge is 0.497 e. The number of nitrogens with one attached hydrogen (secondary N) is 2.